The highest BCUT2D eigenvalue weighted by atomic mass is 35.5. The van der Waals surface area contributed by atoms with Crippen LogP contribution in [0.5, 0.6) is 0 Å². The lowest BCUT2D eigenvalue weighted by Crippen LogP contribution is -1.97. The number of rotatable bonds is 2. The van der Waals surface area contributed by atoms with Crippen LogP contribution in [0.3, 0.4) is 0 Å². The summed E-state index contributed by atoms with van der Waals surface area (Å²) in [6.45, 7) is 4.04. The highest BCUT2D eigenvalue weighted by Crippen LogP contribution is 2.06. The van der Waals surface area contributed by atoms with E-state index in [2.05, 4.69) is 6.58 Å². The number of allylic oxidation sites excluding steroid dienone is 1. The lowest BCUT2D eigenvalue weighted by atomic mass is 10.4. The summed E-state index contributed by atoms with van der Waals surface area (Å²) in [5.74, 6) is 0. The van der Waals surface area contributed by atoms with E-state index in [4.69, 9.17) is 16.9 Å². The third-order valence-corrected chi connectivity index (χ3v) is 1.41. The molecule has 11 heavy (non-hydrogen) atoms. The first-order valence-corrected chi connectivity index (χ1v) is 3.50. The summed E-state index contributed by atoms with van der Waals surface area (Å²) in [6.07, 6.45) is 1.80. The fraction of sp³-hybridized carbons (Fsp3) is 0.125. The van der Waals surface area contributed by atoms with Gasteiger partial charge in [-0.2, -0.15) is 5.26 Å². The quantitative estimate of drug-likeness (QED) is 0.662. The van der Waals surface area contributed by atoms with Crippen LogP contribution in [0, 0.1) is 11.3 Å². The molecule has 56 valence electrons. The molecule has 0 aliphatic heterocycles. The Bertz CT molecular complexity index is 306. The first-order valence-electron chi connectivity index (χ1n) is 3.12. The summed E-state index contributed by atoms with van der Waals surface area (Å²) in [6, 6.07) is 5.58. The van der Waals surface area contributed by atoms with E-state index in [1.807, 2.05) is 6.07 Å². The van der Waals surface area contributed by atoms with E-state index < -0.39 is 0 Å². The molecule has 0 aliphatic carbocycles. The van der Waals surface area contributed by atoms with Crippen molar-refractivity contribution >= 4 is 11.6 Å². The normalized spacial score (nSPS) is 9.09. The minimum absolute atomic E-state index is 0.497. The predicted molar refractivity (Wildman–Crippen MR) is 44.1 cm³/mol. The maximum Gasteiger partial charge on any atom is 0.120 e. The molecule has 0 unspecified atom stereocenters. The van der Waals surface area contributed by atoms with Crippen LogP contribution in [-0.2, 0) is 6.54 Å². The molecule has 0 spiro atoms. The van der Waals surface area contributed by atoms with Gasteiger partial charge in [-0.1, -0.05) is 18.2 Å². The van der Waals surface area contributed by atoms with E-state index in [1.54, 1.807) is 22.9 Å². The summed E-state index contributed by atoms with van der Waals surface area (Å²) in [7, 11) is 0. The van der Waals surface area contributed by atoms with Crippen LogP contribution < -0.4 is 0 Å². The maximum absolute atomic E-state index is 8.58. The molecule has 1 heterocycles. The standard InChI is InChI=1S/C8H7ClN2/c1-7(9)6-11-4-2-3-8(11)5-10/h2-4H,1,6H2. The van der Waals surface area contributed by atoms with Gasteiger partial charge in [-0.05, 0) is 12.1 Å². The molecule has 1 rings (SSSR count). The van der Waals surface area contributed by atoms with Gasteiger partial charge in [0.1, 0.15) is 11.8 Å². The minimum atomic E-state index is 0.497. The number of nitrogens with zero attached hydrogens (tertiary/aromatic N) is 2. The fourth-order valence-corrected chi connectivity index (χ4v) is 0.967. The average molecular weight is 167 g/mol. The van der Waals surface area contributed by atoms with Crippen LogP contribution in [0.15, 0.2) is 29.9 Å². The molecule has 2 nitrogen and oxygen atoms in total. The van der Waals surface area contributed by atoms with Crippen molar-refractivity contribution in [3.05, 3.63) is 35.6 Å². The van der Waals surface area contributed by atoms with Gasteiger partial charge in [-0.3, -0.25) is 0 Å². The summed E-state index contributed by atoms with van der Waals surface area (Å²) in [4.78, 5) is 0. The zero-order valence-corrected chi connectivity index (χ0v) is 6.67. The molecule has 0 atom stereocenters. The molecule has 1 aromatic heterocycles. The second-order valence-electron chi connectivity index (χ2n) is 2.15. The Labute approximate surface area is 70.3 Å². The zero-order chi connectivity index (χ0) is 8.27. The molecule has 0 saturated carbocycles. The average Bonchev–Trinajstić information content (AvgIpc) is 2.34. The molecule has 0 saturated heterocycles. The van der Waals surface area contributed by atoms with Crippen molar-refractivity contribution in [1.82, 2.24) is 4.57 Å². The molecular formula is C8H7ClN2. The second-order valence-corrected chi connectivity index (χ2v) is 2.68. The Morgan fingerprint density at radius 3 is 3.09 bits per heavy atom. The van der Waals surface area contributed by atoms with Gasteiger partial charge in [-0.15, -0.1) is 0 Å². The molecule has 3 heteroatoms. The van der Waals surface area contributed by atoms with Crippen LogP contribution in [0.25, 0.3) is 0 Å². The smallest absolute Gasteiger partial charge is 0.120 e. The van der Waals surface area contributed by atoms with Crippen LogP contribution >= 0.6 is 11.6 Å². The van der Waals surface area contributed by atoms with E-state index in [9.17, 15) is 0 Å². The summed E-state index contributed by atoms with van der Waals surface area (Å²) in [5.41, 5.74) is 0.604. The summed E-state index contributed by atoms with van der Waals surface area (Å²) in [5, 5.41) is 9.10. The monoisotopic (exact) mass is 166 g/mol. The number of hydrogen-bond donors (Lipinski definition) is 0. The van der Waals surface area contributed by atoms with Gasteiger partial charge in [0.05, 0.1) is 6.54 Å². The van der Waals surface area contributed by atoms with Gasteiger partial charge in [0.2, 0.25) is 0 Å². The Morgan fingerprint density at radius 2 is 2.55 bits per heavy atom. The number of aromatic nitrogens is 1. The van der Waals surface area contributed by atoms with Gasteiger partial charge in [0.25, 0.3) is 0 Å². The summed E-state index contributed by atoms with van der Waals surface area (Å²) >= 11 is 5.57. The van der Waals surface area contributed by atoms with Crippen molar-refractivity contribution in [2.45, 2.75) is 6.54 Å². The van der Waals surface area contributed by atoms with E-state index in [0.717, 1.165) is 0 Å². The number of hydrogen-bond acceptors (Lipinski definition) is 1. The molecule has 0 aliphatic rings. The largest absolute Gasteiger partial charge is 0.334 e. The second kappa shape index (κ2) is 3.27. The van der Waals surface area contributed by atoms with Gasteiger partial charge in [-0.25, -0.2) is 0 Å². The molecule has 1 aromatic rings. The lowest BCUT2D eigenvalue weighted by Gasteiger charge is -2.00. The van der Waals surface area contributed by atoms with Gasteiger partial charge >= 0.3 is 0 Å². The van der Waals surface area contributed by atoms with E-state index in [-0.39, 0.29) is 0 Å². The highest BCUT2D eigenvalue weighted by Gasteiger charge is 1.98. The topological polar surface area (TPSA) is 28.7 Å². The Balaban J connectivity index is 2.87. The van der Waals surface area contributed by atoms with Crippen molar-refractivity contribution in [3.63, 3.8) is 0 Å². The molecule has 0 aromatic carbocycles. The van der Waals surface area contributed by atoms with Crippen LogP contribution in [0.4, 0.5) is 0 Å². The van der Waals surface area contributed by atoms with Crippen molar-refractivity contribution < 1.29 is 0 Å². The van der Waals surface area contributed by atoms with Crippen molar-refractivity contribution in [1.29, 1.82) is 5.26 Å². The number of halogens is 1. The van der Waals surface area contributed by atoms with Crippen molar-refractivity contribution in [2.24, 2.45) is 0 Å². The van der Waals surface area contributed by atoms with Crippen molar-refractivity contribution in [2.75, 3.05) is 0 Å². The zero-order valence-electron chi connectivity index (χ0n) is 5.92. The molecule has 0 N–H and O–H groups in total. The molecule has 0 bridgehead atoms. The maximum atomic E-state index is 8.58. The molecule has 0 radical (unpaired) electrons. The highest BCUT2D eigenvalue weighted by molar-refractivity contribution is 6.29. The SMILES string of the molecule is C=C(Cl)Cn1cccc1C#N. The number of nitriles is 1. The minimum Gasteiger partial charge on any atom is -0.334 e. The van der Waals surface area contributed by atoms with E-state index in [1.165, 1.54) is 0 Å². The Morgan fingerprint density at radius 1 is 1.82 bits per heavy atom. The first kappa shape index (κ1) is 7.90. The molecule has 0 fully saturated rings. The van der Waals surface area contributed by atoms with Gasteiger partial charge in [0, 0.05) is 11.2 Å². The first-order chi connectivity index (χ1) is 5.24. The van der Waals surface area contributed by atoms with Gasteiger partial charge in [0.15, 0.2) is 0 Å². The van der Waals surface area contributed by atoms with Crippen LogP contribution in [-0.4, -0.2) is 4.57 Å². The van der Waals surface area contributed by atoms with E-state index >= 15 is 0 Å². The van der Waals surface area contributed by atoms with Crippen molar-refractivity contribution in [3.8, 4) is 6.07 Å². The third-order valence-electron chi connectivity index (χ3n) is 1.29. The molecule has 0 amide bonds. The van der Waals surface area contributed by atoms with Crippen LogP contribution in [0.2, 0.25) is 0 Å². The van der Waals surface area contributed by atoms with Crippen LogP contribution in [0.1, 0.15) is 5.69 Å². The predicted octanol–water partition coefficient (Wildman–Crippen LogP) is 2.11. The van der Waals surface area contributed by atoms with E-state index in [0.29, 0.717) is 17.3 Å². The third kappa shape index (κ3) is 1.86. The Hall–Kier alpha value is -1.20. The fourth-order valence-electron chi connectivity index (χ4n) is 0.838. The molecular weight excluding hydrogens is 160 g/mol. The van der Waals surface area contributed by atoms with Gasteiger partial charge < -0.3 is 4.57 Å². The summed E-state index contributed by atoms with van der Waals surface area (Å²) < 4.78 is 1.75. The Kier molecular flexibility index (Phi) is 2.35. The lowest BCUT2D eigenvalue weighted by molar-refractivity contribution is 0.807.